The third-order valence-electron chi connectivity index (χ3n) is 5.35. The molecule has 0 radical (unpaired) electrons. The maximum atomic E-state index is 12.7. The summed E-state index contributed by atoms with van der Waals surface area (Å²) in [6.45, 7) is 0.457. The van der Waals surface area contributed by atoms with E-state index >= 15 is 0 Å². The average molecular weight is 389 g/mol. The van der Waals surface area contributed by atoms with E-state index < -0.39 is 14.6 Å². The van der Waals surface area contributed by atoms with Crippen molar-refractivity contribution in [3.05, 3.63) is 48.3 Å². The maximum absolute atomic E-state index is 12.7. The molecule has 3 heterocycles. The Balaban J connectivity index is 1.48. The van der Waals surface area contributed by atoms with E-state index in [4.69, 9.17) is 4.74 Å². The van der Waals surface area contributed by atoms with Crippen molar-refractivity contribution in [2.24, 2.45) is 5.92 Å². The van der Waals surface area contributed by atoms with Crippen molar-refractivity contribution in [1.82, 2.24) is 14.9 Å². The van der Waals surface area contributed by atoms with E-state index in [0.717, 1.165) is 0 Å². The molecule has 1 N–H and O–H groups in total. The number of aromatic hydroxyl groups is 1. The molecule has 1 amide bonds. The lowest BCUT2D eigenvalue weighted by Crippen LogP contribution is -2.68. The highest BCUT2D eigenvalue weighted by atomic mass is 32.2. The van der Waals surface area contributed by atoms with Crippen LogP contribution in [0.2, 0.25) is 0 Å². The summed E-state index contributed by atoms with van der Waals surface area (Å²) in [7, 11) is -3.32. The van der Waals surface area contributed by atoms with E-state index in [1.807, 2.05) is 0 Å². The number of benzene rings is 1. The number of carbonyl (C=O) groups is 1. The normalized spacial score (nSPS) is 22.4. The Hall–Kier alpha value is -2.68. The van der Waals surface area contributed by atoms with E-state index in [9.17, 15) is 18.3 Å². The zero-order valence-corrected chi connectivity index (χ0v) is 15.3. The second-order valence-corrected chi connectivity index (χ2v) is 9.37. The topological polar surface area (TPSA) is 110 Å². The van der Waals surface area contributed by atoms with Crippen molar-refractivity contribution in [1.29, 1.82) is 0 Å². The Morgan fingerprint density at radius 2 is 2.00 bits per heavy atom. The second-order valence-electron chi connectivity index (χ2n) is 6.92. The first kappa shape index (κ1) is 17.7. The number of rotatable bonds is 4. The molecule has 2 fully saturated rings. The molecule has 0 unspecified atom stereocenters. The number of likely N-dealkylation sites (tertiary alicyclic amines) is 1. The summed E-state index contributed by atoms with van der Waals surface area (Å²) in [4.78, 5) is 22.1. The van der Waals surface area contributed by atoms with Crippen molar-refractivity contribution in [3.63, 3.8) is 0 Å². The van der Waals surface area contributed by atoms with Gasteiger partial charge in [-0.2, -0.15) is 0 Å². The van der Waals surface area contributed by atoms with Crippen LogP contribution in [0.5, 0.6) is 11.8 Å². The van der Waals surface area contributed by atoms with E-state index in [-0.39, 0.29) is 49.0 Å². The lowest BCUT2D eigenvalue weighted by atomic mass is 9.83. The fourth-order valence-corrected chi connectivity index (χ4v) is 6.21. The lowest BCUT2D eigenvalue weighted by molar-refractivity contribution is 0.0403. The Morgan fingerprint density at radius 1 is 1.26 bits per heavy atom. The standard InChI is InChI=1S/C18H19N3O5S/c22-15-4-1-3-13(9-15)16(23)21-11-18(12-21)14(5-8-27(18,24)25)10-26-17-19-6-2-7-20-17/h1-4,6-7,9,14,22H,5,8,10-12H2/t14-/m0/s1. The molecule has 1 aromatic heterocycles. The Bertz CT molecular complexity index is 958. The Labute approximate surface area is 156 Å². The van der Waals surface area contributed by atoms with Gasteiger partial charge in [0.05, 0.1) is 12.4 Å². The first-order valence-electron chi connectivity index (χ1n) is 8.62. The Kier molecular flexibility index (Phi) is 4.26. The van der Waals surface area contributed by atoms with Gasteiger partial charge in [0.2, 0.25) is 0 Å². The molecule has 27 heavy (non-hydrogen) atoms. The number of phenols is 1. The van der Waals surface area contributed by atoms with Crippen LogP contribution in [0.1, 0.15) is 16.8 Å². The van der Waals surface area contributed by atoms with Gasteiger partial charge in [-0.3, -0.25) is 4.79 Å². The summed E-state index contributed by atoms with van der Waals surface area (Å²) >= 11 is 0. The van der Waals surface area contributed by atoms with E-state index in [1.54, 1.807) is 30.6 Å². The van der Waals surface area contributed by atoms with Crippen molar-refractivity contribution >= 4 is 15.7 Å². The zero-order valence-electron chi connectivity index (χ0n) is 14.5. The smallest absolute Gasteiger partial charge is 0.316 e. The van der Waals surface area contributed by atoms with Gasteiger partial charge in [-0.25, -0.2) is 18.4 Å². The third-order valence-corrected chi connectivity index (χ3v) is 7.95. The van der Waals surface area contributed by atoms with Crippen LogP contribution in [0.3, 0.4) is 0 Å². The molecule has 8 nitrogen and oxygen atoms in total. The largest absolute Gasteiger partial charge is 0.508 e. The fraction of sp³-hybridized carbons (Fsp3) is 0.389. The molecule has 2 saturated heterocycles. The number of aromatic nitrogens is 2. The highest BCUT2D eigenvalue weighted by Crippen LogP contribution is 2.45. The SMILES string of the molecule is O=C(c1cccc(O)c1)N1CC2(C1)[C@H](COc1ncccn1)CCS2(=O)=O. The first-order valence-corrected chi connectivity index (χ1v) is 10.3. The van der Waals surface area contributed by atoms with Crippen molar-refractivity contribution in [3.8, 4) is 11.8 Å². The fourth-order valence-electron chi connectivity index (χ4n) is 3.81. The number of hydrogen-bond acceptors (Lipinski definition) is 7. The summed E-state index contributed by atoms with van der Waals surface area (Å²) in [6.07, 6.45) is 3.61. The van der Waals surface area contributed by atoms with Gasteiger partial charge in [0.1, 0.15) is 10.5 Å². The number of sulfone groups is 1. The van der Waals surface area contributed by atoms with Gasteiger partial charge in [0.15, 0.2) is 9.84 Å². The highest BCUT2D eigenvalue weighted by molar-refractivity contribution is 7.93. The minimum atomic E-state index is -3.32. The molecule has 0 saturated carbocycles. The Morgan fingerprint density at radius 3 is 2.70 bits per heavy atom. The molecule has 2 aliphatic heterocycles. The number of amides is 1. The van der Waals surface area contributed by atoms with Crippen LogP contribution >= 0.6 is 0 Å². The second kappa shape index (κ2) is 6.49. The summed E-state index contributed by atoms with van der Waals surface area (Å²) in [5, 5.41) is 9.55. The van der Waals surface area contributed by atoms with Crippen LogP contribution in [-0.4, -0.2) is 64.5 Å². The van der Waals surface area contributed by atoms with Crippen molar-refractivity contribution in [2.75, 3.05) is 25.4 Å². The van der Waals surface area contributed by atoms with Gasteiger partial charge in [-0.1, -0.05) is 6.07 Å². The summed E-state index contributed by atoms with van der Waals surface area (Å²) in [5.41, 5.74) is 0.339. The number of nitrogens with zero attached hydrogens (tertiary/aromatic N) is 3. The van der Waals surface area contributed by atoms with Gasteiger partial charge in [-0.05, 0) is 30.7 Å². The van der Waals surface area contributed by atoms with E-state index in [2.05, 4.69) is 9.97 Å². The average Bonchev–Trinajstić information content (AvgIpc) is 2.89. The molecule has 0 bridgehead atoms. The quantitative estimate of drug-likeness (QED) is 0.827. The van der Waals surface area contributed by atoms with E-state index in [0.29, 0.717) is 12.0 Å². The van der Waals surface area contributed by atoms with Crippen LogP contribution in [0, 0.1) is 5.92 Å². The monoisotopic (exact) mass is 389 g/mol. The lowest BCUT2D eigenvalue weighted by Gasteiger charge is -2.49. The number of phenolic OH excluding ortho intramolecular Hbond substituents is 1. The molecule has 1 spiro atoms. The number of carbonyl (C=O) groups excluding carboxylic acids is 1. The van der Waals surface area contributed by atoms with Crippen LogP contribution in [0.25, 0.3) is 0 Å². The molecule has 142 valence electrons. The highest BCUT2D eigenvalue weighted by Gasteiger charge is 2.62. The molecule has 9 heteroatoms. The van der Waals surface area contributed by atoms with Gasteiger partial charge >= 0.3 is 6.01 Å². The minimum Gasteiger partial charge on any atom is -0.508 e. The van der Waals surface area contributed by atoms with Crippen LogP contribution in [0.4, 0.5) is 0 Å². The summed E-state index contributed by atoms with van der Waals surface area (Å²) < 4.78 is 30.0. The third kappa shape index (κ3) is 3.01. The predicted octanol–water partition coefficient (Wildman–Crippen LogP) is 0.890. The van der Waals surface area contributed by atoms with Gasteiger partial charge in [-0.15, -0.1) is 0 Å². The van der Waals surface area contributed by atoms with Crippen molar-refractivity contribution in [2.45, 2.75) is 11.2 Å². The number of ether oxygens (including phenoxy) is 1. The molecule has 0 aliphatic carbocycles. The molecule has 1 atom stereocenters. The van der Waals surface area contributed by atoms with Crippen LogP contribution < -0.4 is 4.74 Å². The van der Waals surface area contributed by atoms with Gasteiger partial charge in [0.25, 0.3) is 5.91 Å². The molecule has 1 aromatic carbocycles. The zero-order chi connectivity index (χ0) is 19.1. The summed E-state index contributed by atoms with van der Waals surface area (Å²) in [5.74, 6) is -0.423. The molecule has 2 aliphatic rings. The minimum absolute atomic E-state index is 0.00119. The van der Waals surface area contributed by atoms with Crippen LogP contribution in [0.15, 0.2) is 42.7 Å². The van der Waals surface area contributed by atoms with Crippen molar-refractivity contribution < 1.29 is 23.1 Å². The van der Waals surface area contributed by atoms with Crippen LogP contribution in [-0.2, 0) is 9.84 Å². The van der Waals surface area contributed by atoms with Gasteiger partial charge < -0.3 is 14.7 Å². The maximum Gasteiger partial charge on any atom is 0.316 e. The molecular weight excluding hydrogens is 370 g/mol. The number of hydrogen-bond donors (Lipinski definition) is 1. The van der Waals surface area contributed by atoms with E-state index in [1.165, 1.54) is 17.0 Å². The molecular formula is C18H19N3O5S. The summed E-state index contributed by atoms with van der Waals surface area (Å²) in [6, 6.07) is 7.93. The predicted molar refractivity (Wildman–Crippen MR) is 96.2 cm³/mol. The first-order chi connectivity index (χ1) is 12.9. The molecule has 4 rings (SSSR count). The van der Waals surface area contributed by atoms with Gasteiger partial charge in [0, 0.05) is 37.0 Å². The molecule has 2 aromatic rings.